The number of hydrogen-bond acceptors (Lipinski definition) is 2. The molecule has 0 saturated heterocycles. The van der Waals surface area contributed by atoms with Crippen LogP contribution in [0.5, 0.6) is 0 Å². The number of benzene rings is 2. The zero-order chi connectivity index (χ0) is 21.5. The minimum absolute atomic E-state index is 0.195. The molecule has 2 amide bonds. The fraction of sp³-hybridized carbons (Fsp3) is 0.292. The number of hydrogen-bond donors (Lipinski definition) is 1. The molecule has 7 heteroatoms. The summed E-state index contributed by atoms with van der Waals surface area (Å²) in [5.74, 6) is -1.67. The molecule has 2 aromatic carbocycles. The fourth-order valence-electron chi connectivity index (χ4n) is 4.63. The van der Waals surface area contributed by atoms with Crippen LogP contribution >= 0.6 is 11.3 Å². The predicted molar refractivity (Wildman–Crippen MR) is 115 cm³/mol. The highest BCUT2D eigenvalue weighted by molar-refractivity contribution is 7.12. The van der Waals surface area contributed by atoms with Crippen molar-refractivity contribution >= 4 is 23.1 Å². The number of nitrogens with zero attached hydrogens (tertiary/aromatic N) is 1. The van der Waals surface area contributed by atoms with Gasteiger partial charge in [0.05, 0.1) is 11.7 Å². The number of aryl methyl sites for hydroxylation is 1. The Morgan fingerprint density at radius 1 is 0.935 bits per heavy atom. The molecule has 1 unspecified atom stereocenters. The molecule has 2 heterocycles. The van der Waals surface area contributed by atoms with Gasteiger partial charge in [0.25, 0.3) is 0 Å². The molecule has 1 aliphatic heterocycles. The van der Waals surface area contributed by atoms with Crippen LogP contribution in [0.3, 0.4) is 0 Å². The van der Waals surface area contributed by atoms with Gasteiger partial charge < -0.3 is 10.2 Å². The minimum atomic E-state index is -0.697. The van der Waals surface area contributed by atoms with Crippen LogP contribution in [0.15, 0.2) is 42.5 Å². The highest BCUT2D eigenvalue weighted by Crippen LogP contribution is 2.45. The van der Waals surface area contributed by atoms with E-state index in [9.17, 15) is 18.0 Å². The predicted octanol–water partition coefficient (Wildman–Crippen LogP) is 6.22. The number of anilines is 1. The van der Waals surface area contributed by atoms with Crippen LogP contribution in [0, 0.1) is 17.5 Å². The van der Waals surface area contributed by atoms with E-state index in [2.05, 4.69) is 5.32 Å². The maximum atomic E-state index is 14.1. The largest absolute Gasteiger partial charge is 0.322 e. The summed E-state index contributed by atoms with van der Waals surface area (Å²) < 4.78 is 41.3. The number of nitrogens with one attached hydrogen (secondary N) is 1. The third kappa shape index (κ3) is 3.71. The van der Waals surface area contributed by atoms with Gasteiger partial charge in [-0.15, -0.1) is 11.3 Å². The summed E-state index contributed by atoms with van der Waals surface area (Å²) in [5, 5.41) is 2.53. The van der Waals surface area contributed by atoms with E-state index < -0.39 is 23.7 Å². The topological polar surface area (TPSA) is 32.3 Å². The van der Waals surface area contributed by atoms with E-state index in [1.54, 1.807) is 28.4 Å². The van der Waals surface area contributed by atoms with Crippen LogP contribution in [0.2, 0.25) is 0 Å². The van der Waals surface area contributed by atoms with E-state index >= 15 is 0 Å². The number of thiophene rings is 1. The van der Waals surface area contributed by atoms with Gasteiger partial charge in [0, 0.05) is 22.4 Å². The van der Waals surface area contributed by atoms with Gasteiger partial charge in [0.1, 0.15) is 17.5 Å². The molecular formula is C24H21F3N2OS. The van der Waals surface area contributed by atoms with Gasteiger partial charge in [-0.05, 0) is 73.1 Å². The third-order valence-corrected chi connectivity index (χ3v) is 7.48. The minimum Gasteiger partial charge on any atom is -0.312 e. The van der Waals surface area contributed by atoms with E-state index in [4.69, 9.17) is 0 Å². The first-order valence-corrected chi connectivity index (χ1v) is 11.2. The standard InChI is InChI=1S/C24H21F3N2OS/c25-15-7-5-14(6-8-15)22-23-18(17-3-1-2-4-21(17)31-23)11-12-29(22)24(30)28-20-13-16(26)9-10-19(20)27/h5-10,13,22H,1-4,11-12H2,(H,28,30). The summed E-state index contributed by atoms with van der Waals surface area (Å²) in [4.78, 5) is 17.3. The Hall–Kier alpha value is -2.80. The van der Waals surface area contributed by atoms with Crippen molar-refractivity contribution in [1.82, 2.24) is 4.90 Å². The van der Waals surface area contributed by atoms with Crippen molar-refractivity contribution in [2.24, 2.45) is 0 Å². The molecule has 0 bridgehead atoms. The molecule has 1 atom stereocenters. The first-order valence-electron chi connectivity index (χ1n) is 10.4. The Balaban J connectivity index is 1.54. The van der Waals surface area contributed by atoms with Crippen molar-refractivity contribution in [1.29, 1.82) is 0 Å². The number of amides is 2. The lowest BCUT2D eigenvalue weighted by Gasteiger charge is -2.36. The summed E-state index contributed by atoms with van der Waals surface area (Å²) >= 11 is 1.73. The number of carbonyl (C=O) groups is 1. The van der Waals surface area contributed by atoms with E-state index in [0.717, 1.165) is 54.3 Å². The summed E-state index contributed by atoms with van der Waals surface area (Å²) in [6.45, 7) is 0.445. The van der Waals surface area contributed by atoms with E-state index in [-0.39, 0.29) is 11.5 Å². The van der Waals surface area contributed by atoms with Crippen molar-refractivity contribution in [3.63, 3.8) is 0 Å². The Labute approximate surface area is 182 Å². The van der Waals surface area contributed by atoms with Crippen molar-refractivity contribution in [3.05, 3.63) is 86.4 Å². The molecule has 0 spiro atoms. The second-order valence-corrected chi connectivity index (χ2v) is 9.14. The van der Waals surface area contributed by atoms with Crippen LogP contribution < -0.4 is 5.32 Å². The van der Waals surface area contributed by atoms with E-state index in [1.807, 2.05) is 0 Å². The highest BCUT2D eigenvalue weighted by atomic mass is 32.1. The van der Waals surface area contributed by atoms with Crippen LogP contribution in [-0.2, 0) is 19.3 Å². The van der Waals surface area contributed by atoms with Gasteiger partial charge in [-0.2, -0.15) is 0 Å². The summed E-state index contributed by atoms with van der Waals surface area (Å²) in [6, 6.07) is 8.23. The third-order valence-electron chi connectivity index (χ3n) is 6.09. The smallest absolute Gasteiger partial charge is 0.312 e. The molecule has 2 aliphatic rings. The molecule has 3 nitrogen and oxygen atoms in total. The SMILES string of the molecule is O=C(Nc1cc(F)ccc1F)N1CCc2c(sc3c2CCCC3)C1c1ccc(F)cc1. The number of fused-ring (bicyclic) bond motifs is 3. The molecule has 3 aromatic rings. The zero-order valence-corrected chi connectivity index (χ0v) is 17.6. The second-order valence-electron chi connectivity index (χ2n) is 8.01. The molecular weight excluding hydrogens is 421 g/mol. The van der Waals surface area contributed by atoms with Gasteiger partial charge in [-0.25, -0.2) is 18.0 Å². The van der Waals surface area contributed by atoms with Crippen LogP contribution in [0.25, 0.3) is 0 Å². The Morgan fingerprint density at radius 3 is 2.48 bits per heavy atom. The molecule has 1 N–H and O–H groups in total. The van der Waals surface area contributed by atoms with Gasteiger partial charge in [-0.1, -0.05) is 12.1 Å². The average Bonchev–Trinajstić information content (AvgIpc) is 3.15. The first-order chi connectivity index (χ1) is 15.0. The number of urea groups is 1. The van der Waals surface area contributed by atoms with E-state index in [1.165, 1.54) is 34.6 Å². The van der Waals surface area contributed by atoms with Crippen molar-refractivity contribution < 1.29 is 18.0 Å². The zero-order valence-electron chi connectivity index (χ0n) is 16.8. The Kier molecular flexibility index (Phi) is 5.22. The van der Waals surface area contributed by atoms with Crippen molar-refractivity contribution in [3.8, 4) is 0 Å². The van der Waals surface area contributed by atoms with Gasteiger partial charge in [0.2, 0.25) is 0 Å². The molecule has 1 aliphatic carbocycles. The molecule has 5 rings (SSSR count). The normalized spacial score (nSPS) is 17.8. The second kappa shape index (κ2) is 8.04. The number of halogens is 3. The lowest BCUT2D eigenvalue weighted by Crippen LogP contribution is -2.42. The molecule has 0 fully saturated rings. The number of carbonyl (C=O) groups excluding carboxylic acids is 1. The molecule has 160 valence electrons. The molecule has 1 aromatic heterocycles. The lowest BCUT2D eigenvalue weighted by atomic mass is 9.88. The Morgan fingerprint density at radius 2 is 1.68 bits per heavy atom. The molecule has 0 radical (unpaired) electrons. The van der Waals surface area contributed by atoms with Gasteiger partial charge in [0.15, 0.2) is 0 Å². The van der Waals surface area contributed by atoms with Crippen molar-refractivity contribution in [2.45, 2.75) is 38.1 Å². The van der Waals surface area contributed by atoms with Gasteiger partial charge in [-0.3, -0.25) is 0 Å². The van der Waals surface area contributed by atoms with Crippen LogP contribution in [-0.4, -0.2) is 17.5 Å². The van der Waals surface area contributed by atoms with Crippen molar-refractivity contribution in [2.75, 3.05) is 11.9 Å². The average molecular weight is 443 g/mol. The van der Waals surface area contributed by atoms with Gasteiger partial charge >= 0.3 is 6.03 Å². The lowest BCUT2D eigenvalue weighted by molar-refractivity contribution is 0.195. The number of rotatable bonds is 2. The van der Waals surface area contributed by atoms with E-state index in [0.29, 0.717) is 6.54 Å². The fourth-order valence-corrected chi connectivity index (χ4v) is 6.21. The quantitative estimate of drug-likeness (QED) is 0.502. The maximum Gasteiger partial charge on any atom is 0.322 e. The molecule has 31 heavy (non-hydrogen) atoms. The monoisotopic (exact) mass is 442 g/mol. The highest BCUT2D eigenvalue weighted by Gasteiger charge is 2.36. The first kappa shape index (κ1) is 20.1. The molecule has 0 saturated carbocycles. The summed E-state index contributed by atoms with van der Waals surface area (Å²) in [7, 11) is 0. The van der Waals surface area contributed by atoms with Crippen LogP contribution in [0.1, 0.15) is 45.3 Å². The summed E-state index contributed by atoms with van der Waals surface area (Å²) in [6.07, 6.45) is 5.15. The Bertz CT molecular complexity index is 1140. The van der Waals surface area contributed by atoms with Crippen LogP contribution in [0.4, 0.5) is 23.7 Å². The summed E-state index contributed by atoms with van der Waals surface area (Å²) in [5.41, 5.74) is 3.32. The maximum absolute atomic E-state index is 14.1.